The van der Waals surface area contributed by atoms with Gasteiger partial charge in [0.15, 0.2) is 11.5 Å². The number of ether oxygens (including phenoxy) is 2. The smallest absolute Gasteiger partial charge is 0.236 e. The Balaban J connectivity index is 2.57. The summed E-state index contributed by atoms with van der Waals surface area (Å²) < 4.78 is 32.8. The van der Waals surface area contributed by atoms with Crippen LogP contribution in [0.15, 0.2) is 6.07 Å². The first-order valence-corrected chi connectivity index (χ1v) is 7.80. The first kappa shape index (κ1) is 12.8. The fraction of sp³-hybridized carbons (Fsp3) is 0.400. The zero-order valence-corrected chi connectivity index (χ0v) is 11.3. The lowest BCUT2D eigenvalue weighted by molar-refractivity contribution is 0.173. The van der Waals surface area contributed by atoms with Crippen LogP contribution in [0.4, 0.5) is 0 Å². The molecule has 1 aromatic rings. The Morgan fingerprint density at radius 1 is 1.35 bits per heavy atom. The minimum atomic E-state index is -3.63. The van der Waals surface area contributed by atoms with Crippen LogP contribution in [0.3, 0.4) is 0 Å². The van der Waals surface area contributed by atoms with E-state index >= 15 is 0 Å². The van der Waals surface area contributed by atoms with Gasteiger partial charge in [0, 0.05) is 16.2 Å². The molecule has 7 heteroatoms. The second-order valence-electron chi connectivity index (χ2n) is 3.60. The summed E-state index contributed by atoms with van der Waals surface area (Å²) in [5, 5.41) is 0.338. The molecule has 0 radical (unpaired) electrons. The van der Waals surface area contributed by atoms with E-state index in [0.29, 0.717) is 28.5 Å². The lowest BCUT2D eigenvalue weighted by Crippen LogP contribution is -2.01. The number of benzene rings is 1. The number of rotatable bonds is 3. The Labute approximate surface area is 109 Å². The van der Waals surface area contributed by atoms with E-state index in [9.17, 15) is 8.42 Å². The first-order chi connectivity index (χ1) is 7.92. The highest BCUT2D eigenvalue weighted by atomic mass is 35.7. The molecule has 1 aromatic carbocycles. The molecule has 1 aliphatic rings. The highest BCUT2D eigenvalue weighted by Crippen LogP contribution is 2.44. The third-order valence-corrected chi connectivity index (χ3v) is 3.74. The summed E-state index contributed by atoms with van der Waals surface area (Å²) in [4.78, 5) is 0. The van der Waals surface area contributed by atoms with Crippen LogP contribution in [-0.2, 0) is 21.2 Å². The van der Waals surface area contributed by atoms with E-state index in [2.05, 4.69) is 0 Å². The van der Waals surface area contributed by atoms with Gasteiger partial charge in [0.05, 0.1) is 10.8 Å². The predicted molar refractivity (Wildman–Crippen MR) is 65.4 cm³/mol. The molecule has 17 heavy (non-hydrogen) atoms. The maximum Gasteiger partial charge on any atom is 0.236 e. The van der Waals surface area contributed by atoms with Gasteiger partial charge < -0.3 is 9.47 Å². The molecule has 0 bridgehead atoms. The summed E-state index contributed by atoms with van der Waals surface area (Å²) in [5.74, 6) is 0.725. The maximum absolute atomic E-state index is 11.1. The Morgan fingerprint density at radius 2 is 2.00 bits per heavy atom. The van der Waals surface area contributed by atoms with Crippen molar-refractivity contribution in [2.24, 2.45) is 0 Å². The molecule has 0 amide bonds. The Morgan fingerprint density at radius 3 is 2.59 bits per heavy atom. The molecule has 0 spiro atoms. The van der Waals surface area contributed by atoms with Gasteiger partial charge in [-0.25, -0.2) is 8.42 Å². The second kappa shape index (κ2) is 4.55. The standard InChI is InChI=1S/C10H10Cl2O4S/c1-2-7-6(4-17(12,13)14)3-8(11)10-9(7)15-5-16-10/h3H,2,4-5H2,1H3. The van der Waals surface area contributed by atoms with Crippen LogP contribution in [0.25, 0.3) is 0 Å². The van der Waals surface area contributed by atoms with E-state index in [1.165, 1.54) is 0 Å². The third kappa shape index (κ3) is 2.61. The van der Waals surface area contributed by atoms with Crippen LogP contribution in [0, 0.1) is 0 Å². The number of hydrogen-bond donors (Lipinski definition) is 0. The summed E-state index contributed by atoms with van der Waals surface area (Å²) >= 11 is 5.99. The van der Waals surface area contributed by atoms with Crippen molar-refractivity contribution in [1.29, 1.82) is 0 Å². The highest BCUT2D eigenvalue weighted by Gasteiger charge is 2.25. The minimum absolute atomic E-state index is 0.0964. The molecule has 0 aromatic heterocycles. The molecule has 0 fully saturated rings. The molecular formula is C10H10Cl2O4S. The highest BCUT2D eigenvalue weighted by molar-refractivity contribution is 8.13. The molecule has 0 aliphatic carbocycles. The average Bonchev–Trinajstić information content (AvgIpc) is 2.64. The van der Waals surface area contributed by atoms with Gasteiger partial charge in [-0.1, -0.05) is 18.5 Å². The number of halogens is 2. The van der Waals surface area contributed by atoms with E-state index < -0.39 is 9.05 Å². The predicted octanol–water partition coefficient (Wildman–Crippen LogP) is 2.70. The van der Waals surface area contributed by atoms with Crippen LogP contribution in [0.1, 0.15) is 18.1 Å². The lowest BCUT2D eigenvalue weighted by Gasteiger charge is -2.10. The van der Waals surface area contributed by atoms with Crippen molar-refractivity contribution in [1.82, 2.24) is 0 Å². The molecule has 0 unspecified atom stereocenters. The summed E-state index contributed by atoms with van der Waals surface area (Å²) in [6.07, 6.45) is 0.616. The topological polar surface area (TPSA) is 52.6 Å². The van der Waals surface area contributed by atoms with Crippen molar-refractivity contribution in [3.05, 3.63) is 22.2 Å². The molecule has 4 nitrogen and oxygen atoms in total. The SMILES string of the molecule is CCc1c(CS(=O)(=O)Cl)cc(Cl)c2c1OCO2. The zero-order valence-electron chi connectivity index (χ0n) is 9.00. The van der Waals surface area contributed by atoms with E-state index in [0.717, 1.165) is 5.56 Å². The van der Waals surface area contributed by atoms with E-state index in [1.54, 1.807) is 6.07 Å². The normalized spacial score (nSPS) is 14.1. The van der Waals surface area contributed by atoms with Gasteiger partial charge in [0.2, 0.25) is 15.8 Å². The van der Waals surface area contributed by atoms with Crippen LogP contribution in [0.2, 0.25) is 5.02 Å². The van der Waals surface area contributed by atoms with E-state index in [-0.39, 0.29) is 12.5 Å². The van der Waals surface area contributed by atoms with Gasteiger partial charge in [0.25, 0.3) is 0 Å². The van der Waals surface area contributed by atoms with Gasteiger partial charge >= 0.3 is 0 Å². The number of fused-ring (bicyclic) bond motifs is 1. The van der Waals surface area contributed by atoms with Crippen LogP contribution in [0.5, 0.6) is 11.5 Å². The van der Waals surface area contributed by atoms with Crippen molar-refractivity contribution in [2.75, 3.05) is 6.79 Å². The quantitative estimate of drug-likeness (QED) is 0.805. The van der Waals surface area contributed by atoms with Gasteiger partial charge in [-0.3, -0.25) is 0 Å². The Bertz CT molecular complexity index is 554. The summed E-state index contributed by atoms with van der Waals surface area (Å²) in [6, 6.07) is 1.56. The molecule has 0 saturated carbocycles. The fourth-order valence-corrected chi connectivity index (χ4v) is 3.09. The average molecular weight is 297 g/mol. The first-order valence-electron chi connectivity index (χ1n) is 4.94. The van der Waals surface area contributed by atoms with Crippen molar-refractivity contribution in [3.63, 3.8) is 0 Å². The Kier molecular flexibility index (Phi) is 3.43. The lowest BCUT2D eigenvalue weighted by atomic mass is 10.0. The molecule has 0 N–H and O–H groups in total. The molecular weight excluding hydrogens is 287 g/mol. The second-order valence-corrected chi connectivity index (χ2v) is 6.78. The summed E-state index contributed by atoms with van der Waals surface area (Å²) in [6.45, 7) is 1.99. The van der Waals surface area contributed by atoms with Crippen LogP contribution in [-0.4, -0.2) is 15.2 Å². The van der Waals surface area contributed by atoms with E-state index in [4.69, 9.17) is 31.8 Å². The number of hydrogen-bond acceptors (Lipinski definition) is 4. The summed E-state index contributed by atoms with van der Waals surface area (Å²) in [5.41, 5.74) is 1.32. The van der Waals surface area contributed by atoms with Gasteiger partial charge in [-0.05, 0) is 18.1 Å². The molecule has 0 atom stereocenters. The van der Waals surface area contributed by atoms with Crippen LogP contribution >= 0.6 is 22.3 Å². The van der Waals surface area contributed by atoms with Crippen molar-refractivity contribution >= 4 is 31.3 Å². The third-order valence-electron chi connectivity index (χ3n) is 2.47. The van der Waals surface area contributed by atoms with Gasteiger partial charge in [-0.15, -0.1) is 0 Å². The molecule has 0 saturated heterocycles. The maximum atomic E-state index is 11.1. The van der Waals surface area contributed by atoms with Crippen molar-refractivity contribution in [2.45, 2.75) is 19.1 Å². The van der Waals surface area contributed by atoms with Crippen LogP contribution < -0.4 is 9.47 Å². The Hall–Kier alpha value is -0.650. The molecule has 2 rings (SSSR count). The van der Waals surface area contributed by atoms with Crippen molar-refractivity contribution in [3.8, 4) is 11.5 Å². The zero-order chi connectivity index (χ0) is 12.6. The van der Waals surface area contributed by atoms with E-state index in [1.807, 2.05) is 6.92 Å². The molecule has 1 heterocycles. The fourth-order valence-electron chi connectivity index (χ4n) is 1.83. The largest absolute Gasteiger partial charge is 0.453 e. The van der Waals surface area contributed by atoms with Gasteiger partial charge in [-0.2, -0.15) is 0 Å². The van der Waals surface area contributed by atoms with Gasteiger partial charge in [0.1, 0.15) is 0 Å². The monoisotopic (exact) mass is 296 g/mol. The van der Waals surface area contributed by atoms with Crippen molar-refractivity contribution < 1.29 is 17.9 Å². The summed E-state index contributed by atoms with van der Waals surface area (Å²) in [7, 11) is 1.63. The molecule has 94 valence electrons. The minimum Gasteiger partial charge on any atom is -0.453 e. The molecule has 1 aliphatic heterocycles.